The lowest BCUT2D eigenvalue weighted by atomic mass is 10.3. The maximum atomic E-state index is 11.2. The molecule has 5 heteroatoms. The molecule has 0 spiro atoms. The molecule has 5 nitrogen and oxygen atoms in total. The summed E-state index contributed by atoms with van der Waals surface area (Å²) < 4.78 is 5.32. The summed E-state index contributed by atoms with van der Waals surface area (Å²) in [7, 11) is 0. The molecular weight excluding hydrogens is 206 g/mol. The maximum Gasteiger partial charge on any atom is 0.238 e. The molecule has 0 fully saturated rings. The SMILES string of the molecule is Cc1nc2ccc(NC(=O)CC#N)cc2o1. The predicted molar refractivity (Wildman–Crippen MR) is 57.6 cm³/mol. The fourth-order valence-electron chi connectivity index (χ4n) is 1.39. The number of nitrogens with zero attached hydrogens (tertiary/aromatic N) is 2. The van der Waals surface area contributed by atoms with Crippen molar-refractivity contribution in [3.8, 4) is 6.07 Å². The smallest absolute Gasteiger partial charge is 0.238 e. The first kappa shape index (κ1) is 10.2. The summed E-state index contributed by atoms with van der Waals surface area (Å²) in [5, 5.41) is 10.9. The van der Waals surface area contributed by atoms with Crippen LogP contribution in [0.1, 0.15) is 12.3 Å². The number of carbonyl (C=O) groups excluding carboxylic acids is 1. The van der Waals surface area contributed by atoms with Crippen LogP contribution in [0.3, 0.4) is 0 Å². The molecule has 0 aliphatic heterocycles. The number of carbonyl (C=O) groups is 1. The van der Waals surface area contributed by atoms with E-state index in [1.54, 1.807) is 31.2 Å². The number of nitrogens with one attached hydrogen (secondary N) is 1. The van der Waals surface area contributed by atoms with Crippen LogP contribution in [0, 0.1) is 18.3 Å². The van der Waals surface area contributed by atoms with Crippen LogP contribution >= 0.6 is 0 Å². The fraction of sp³-hybridized carbons (Fsp3) is 0.182. The van der Waals surface area contributed by atoms with Gasteiger partial charge in [0.05, 0.1) is 6.07 Å². The largest absolute Gasteiger partial charge is 0.441 e. The number of fused-ring (bicyclic) bond motifs is 1. The normalized spacial score (nSPS) is 10.0. The number of aromatic nitrogens is 1. The van der Waals surface area contributed by atoms with Crippen molar-refractivity contribution in [1.82, 2.24) is 4.98 Å². The van der Waals surface area contributed by atoms with Crippen molar-refractivity contribution in [1.29, 1.82) is 5.26 Å². The van der Waals surface area contributed by atoms with Crippen LogP contribution in [0.15, 0.2) is 22.6 Å². The van der Waals surface area contributed by atoms with Gasteiger partial charge < -0.3 is 9.73 Å². The second-order valence-electron chi connectivity index (χ2n) is 3.30. The molecule has 1 N–H and O–H groups in total. The van der Waals surface area contributed by atoms with E-state index in [2.05, 4.69) is 10.3 Å². The zero-order valence-electron chi connectivity index (χ0n) is 8.65. The van der Waals surface area contributed by atoms with Crippen LogP contribution in [0.2, 0.25) is 0 Å². The maximum absolute atomic E-state index is 11.2. The third kappa shape index (κ3) is 2.01. The highest BCUT2D eigenvalue weighted by atomic mass is 16.3. The molecule has 0 atom stereocenters. The summed E-state index contributed by atoms with van der Waals surface area (Å²) in [6.07, 6.45) is -0.159. The van der Waals surface area contributed by atoms with Gasteiger partial charge in [-0.05, 0) is 12.1 Å². The number of anilines is 1. The van der Waals surface area contributed by atoms with Crippen LogP contribution in [0.4, 0.5) is 5.69 Å². The van der Waals surface area contributed by atoms with Gasteiger partial charge in [-0.25, -0.2) is 4.98 Å². The summed E-state index contributed by atoms with van der Waals surface area (Å²) in [5.41, 5.74) is 1.96. The van der Waals surface area contributed by atoms with Gasteiger partial charge in [-0.15, -0.1) is 0 Å². The van der Waals surface area contributed by atoms with E-state index in [1.807, 2.05) is 0 Å². The molecule has 0 unspecified atom stereocenters. The van der Waals surface area contributed by atoms with Crippen molar-refractivity contribution in [2.45, 2.75) is 13.3 Å². The number of oxazole rings is 1. The van der Waals surface area contributed by atoms with Gasteiger partial charge in [0.25, 0.3) is 0 Å². The lowest BCUT2D eigenvalue weighted by molar-refractivity contribution is -0.115. The number of aryl methyl sites for hydroxylation is 1. The highest BCUT2D eigenvalue weighted by molar-refractivity contribution is 5.93. The van der Waals surface area contributed by atoms with Gasteiger partial charge in [0.1, 0.15) is 11.9 Å². The van der Waals surface area contributed by atoms with Crippen molar-refractivity contribution in [3.05, 3.63) is 24.1 Å². The molecule has 1 amide bonds. The van der Waals surface area contributed by atoms with Crippen molar-refractivity contribution in [2.24, 2.45) is 0 Å². The molecule has 2 aromatic rings. The third-order valence-corrected chi connectivity index (χ3v) is 2.02. The van der Waals surface area contributed by atoms with E-state index in [4.69, 9.17) is 9.68 Å². The van der Waals surface area contributed by atoms with Crippen LogP contribution in [0.25, 0.3) is 11.1 Å². The molecule has 0 saturated heterocycles. The molecule has 1 aromatic carbocycles. The monoisotopic (exact) mass is 215 g/mol. The Morgan fingerprint density at radius 3 is 3.19 bits per heavy atom. The molecule has 0 radical (unpaired) electrons. The van der Waals surface area contributed by atoms with Crippen molar-refractivity contribution in [2.75, 3.05) is 5.32 Å². The zero-order valence-corrected chi connectivity index (χ0v) is 8.65. The summed E-state index contributed by atoms with van der Waals surface area (Å²) >= 11 is 0. The topological polar surface area (TPSA) is 78.9 Å². The number of amides is 1. The second-order valence-corrected chi connectivity index (χ2v) is 3.30. The Bertz CT molecular complexity index is 580. The Morgan fingerprint density at radius 1 is 1.62 bits per heavy atom. The Hall–Kier alpha value is -2.35. The summed E-state index contributed by atoms with van der Waals surface area (Å²) in [6, 6.07) is 6.95. The van der Waals surface area contributed by atoms with Gasteiger partial charge in [-0.1, -0.05) is 0 Å². The number of nitriles is 1. The number of benzene rings is 1. The predicted octanol–water partition coefficient (Wildman–Crippen LogP) is 1.99. The van der Waals surface area contributed by atoms with Gasteiger partial charge in [0, 0.05) is 18.7 Å². The molecule has 80 valence electrons. The first-order valence-electron chi connectivity index (χ1n) is 4.73. The Labute approximate surface area is 91.7 Å². The first-order chi connectivity index (χ1) is 7.69. The van der Waals surface area contributed by atoms with Crippen LogP contribution in [0.5, 0.6) is 0 Å². The molecule has 0 aliphatic carbocycles. The Morgan fingerprint density at radius 2 is 2.44 bits per heavy atom. The van der Waals surface area contributed by atoms with E-state index >= 15 is 0 Å². The van der Waals surface area contributed by atoms with Gasteiger partial charge in [-0.3, -0.25) is 4.79 Å². The quantitative estimate of drug-likeness (QED) is 0.830. The molecule has 0 saturated carbocycles. The van der Waals surface area contributed by atoms with Crippen molar-refractivity contribution in [3.63, 3.8) is 0 Å². The van der Waals surface area contributed by atoms with E-state index < -0.39 is 0 Å². The molecule has 2 rings (SSSR count). The lowest BCUT2D eigenvalue weighted by Gasteiger charge is -2.00. The molecular formula is C11H9N3O2. The standard InChI is InChI=1S/C11H9N3O2/c1-7-13-9-3-2-8(6-10(9)16-7)14-11(15)4-5-12/h2-3,6H,4H2,1H3,(H,14,15). The van der Waals surface area contributed by atoms with E-state index in [9.17, 15) is 4.79 Å². The van der Waals surface area contributed by atoms with Gasteiger partial charge >= 0.3 is 0 Å². The molecule has 16 heavy (non-hydrogen) atoms. The van der Waals surface area contributed by atoms with E-state index in [1.165, 1.54) is 0 Å². The van der Waals surface area contributed by atoms with Crippen LogP contribution in [-0.4, -0.2) is 10.9 Å². The number of hydrogen-bond donors (Lipinski definition) is 1. The average molecular weight is 215 g/mol. The Balaban J connectivity index is 2.26. The number of rotatable bonds is 2. The summed E-state index contributed by atoms with van der Waals surface area (Å²) in [6.45, 7) is 1.76. The zero-order chi connectivity index (χ0) is 11.5. The van der Waals surface area contributed by atoms with Crippen LogP contribution < -0.4 is 5.32 Å². The minimum Gasteiger partial charge on any atom is -0.441 e. The molecule has 0 aliphatic rings. The highest BCUT2D eigenvalue weighted by Gasteiger charge is 2.05. The molecule has 1 heterocycles. The van der Waals surface area contributed by atoms with Gasteiger partial charge in [-0.2, -0.15) is 5.26 Å². The number of hydrogen-bond acceptors (Lipinski definition) is 4. The van der Waals surface area contributed by atoms with Gasteiger partial charge in [0.2, 0.25) is 5.91 Å². The fourth-order valence-corrected chi connectivity index (χ4v) is 1.39. The minimum atomic E-state index is -0.335. The third-order valence-electron chi connectivity index (χ3n) is 2.02. The first-order valence-corrected chi connectivity index (χ1v) is 4.73. The molecule has 0 bridgehead atoms. The minimum absolute atomic E-state index is 0.159. The van der Waals surface area contributed by atoms with Crippen molar-refractivity contribution >= 4 is 22.7 Å². The van der Waals surface area contributed by atoms with E-state index in [0.717, 1.165) is 5.52 Å². The Kier molecular flexibility index (Phi) is 2.56. The van der Waals surface area contributed by atoms with Crippen molar-refractivity contribution < 1.29 is 9.21 Å². The lowest BCUT2D eigenvalue weighted by Crippen LogP contribution is -2.09. The van der Waals surface area contributed by atoms with Crippen LogP contribution in [-0.2, 0) is 4.79 Å². The summed E-state index contributed by atoms with van der Waals surface area (Å²) in [4.78, 5) is 15.3. The summed E-state index contributed by atoms with van der Waals surface area (Å²) in [5.74, 6) is 0.244. The van der Waals surface area contributed by atoms with E-state index in [-0.39, 0.29) is 12.3 Å². The van der Waals surface area contributed by atoms with E-state index in [0.29, 0.717) is 17.2 Å². The van der Waals surface area contributed by atoms with Gasteiger partial charge in [0.15, 0.2) is 11.5 Å². The highest BCUT2D eigenvalue weighted by Crippen LogP contribution is 2.19. The second kappa shape index (κ2) is 4.03. The molecule has 1 aromatic heterocycles. The average Bonchev–Trinajstić information content (AvgIpc) is 2.57.